The number of hydrogen-bond acceptors (Lipinski definition) is 3. The van der Waals surface area contributed by atoms with Crippen molar-refractivity contribution in [2.75, 3.05) is 0 Å². The average molecular weight is 189 g/mol. The molecule has 0 aliphatic heterocycles. The average Bonchev–Trinajstić information content (AvgIpc) is 2.07. The van der Waals surface area contributed by atoms with Gasteiger partial charge < -0.3 is 11.1 Å². The predicted molar refractivity (Wildman–Crippen MR) is 59.2 cm³/mol. The molecule has 0 fully saturated rings. The summed E-state index contributed by atoms with van der Waals surface area (Å²) >= 11 is 0. The van der Waals surface area contributed by atoms with Crippen molar-refractivity contribution in [3.63, 3.8) is 0 Å². The molecule has 1 heterocycles. The molecule has 0 bridgehead atoms. The number of rotatable bonds is 2. The van der Waals surface area contributed by atoms with Crippen LogP contribution in [0.3, 0.4) is 0 Å². The summed E-state index contributed by atoms with van der Waals surface area (Å²) in [4.78, 5) is 4.24. The van der Waals surface area contributed by atoms with Crippen LogP contribution in [0.15, 0.2) is 24.0 Å². The molecule has 1 aromatic rings. The topological polar surface area (TPSA) is 62.8 Å². The number of allylic oxidation sites excluding steroid dienone is 2. The van der Waals surface area contributed by atoms with Crippen molar-refractivity contribution < 1.29 is 0 Å². The van der Waals surface area contributed by atoms with E-state index in [0.717, 1.165) is 16.8 Å². The van der Waals surface area contributed by atoms with Crippen molar-refractivity contribution in [3.8, 4) is 0 Å². The number of aryl methyl sites for hydroxylation is 1. The van der Waals surface area contributed by atoms with Gasteiger partial charge in [0.05, 0.1) is 5.69 Å². The first-order chi connectivity index (χ1) is 6.52. The molecule has 0 aliphatic rings. The number of pyridine rings is 1. The molecule has 0 aliphatic carbocycles. The van der Waals surface area contributed by atoms with Crippen molar-refractivity contribution in [3.05, 3.63) is 35.3 Å². The fraction of sp³-hybridized carbons (Fsp3) is 0.273. The van der Waals surface area contributed by atoms with Crippen LogP contribution in [0, 0.1) is 12.3 Å². The van der Waals surface area contributed by atoms with Gasteiger partial charge in [0.25, 0.3) is 0 Å². The number of nitrogens with two attached hydrogens (primary N) is 1. The lowest BCUT2D eigenvalue weighted by Gasteiger charge is -2.07. The summed E-state index contributed by atoms with van der Waals surface area (Å²) in [6, 6.07) is 3.85. The fourth-order valence-electron chi connectivity index (χ4n) is 1.31. The van der Waals surface area contributed by atoms with Crippen molar-refractivity contribution >= 4 is 11.3 Å². The molecule has 14 heavy (non-hydrogen) atoms. The van der Waals surface area contributed by atoms with Crippen LogP contribution >= 0.6 is 0 Å². The Morgan fingerprint density at radius 3 is 2.36 bits per heavy atom. The number of nitrogens with zero attached hydrogens (tertiary/aromatic N) is 1. The quantitative estimate of drug-likeness (QED) is 0.700. The van der Waals surface area contributed by atoms with E-state index < -0.39 is 0 Å². The number of hydrogen-bond donors (Lipinski definition) is 2. The molecule has 0 amide bonds. The number of nitrogens with one attached hydrogen (secondary N) is 1. The maximum atomic E-state index is 7.60. The molecule has 3 nitrogen and oxygen atoms in total. The Balaban J connectivity index is 3.21. The first-order valence-electron chi connectivity index (χ1n) is 4.47. The van der Waals surface area contributed by atoms with E-state index in [-0.39, 0.29) is 0 Å². The van der Waals surface area contributed by atoms with Gasteiger partial charge >= 0.3 is 0 Å². The van der Waals surface area contributed by atoms with Crippen molar-refractivity contribution in [1.82, 2.24) is 4.98 Å². The molecule has 0 saturated carbocycles. The molecule has 1 aromatic heterocycles. The van der Waals surface area contributed by atoms with E-state index in [1.165, 1.54) is 0 Å². The lowest BCUT2D eigenvalue weighted by atomic mass is 10.1. The zero-order chi connectivity index (χ0) is 10.7. The van der Waals surface area contributed by atoms with E-state index >= 15 is 0 Å². The molecule has 3 N–H and O–H groups in total. The highest BCUT2D eigenvalue weighted by atomic mass is 14.7. The highest BCUT2D eigenvalue weighted by Gasteiger charge is 2.07. The first kappa shape index (κ1) is 10.4. The molecule has 0 unspecified atom stereocenters. The molecule has 0 atom stereocenters. The summed E-state index contributed by atoms with van der Waals surface area (Å²) in [5.74, 6) is 0. The molecule has 0 saturated heterocycles. The van der Waals surface area contributed by atoms with Gasteiger partial charge in [-0.25, -0.2) is 0 Å². The predicted octanol–water partition coefficient (Wildman–Crippen LogP) is 2.12. The normalized spacial score (nSPS) is 12.2. The van der Waals surface area contributed by atoms with Gasteiger partial charge in [0, 0.05) is 23.2 Å². The molecule has 0 radical (unpaired) electrons. The highest BCUT2D eigenvalue weighted by Crippen LogP contribution is 2.15. The van der Waals surface area contributed by atoms with Crippen LogP contribution in [0.1, 0.15) is 25.1 Å². The van der Waals surface area contributed by atoms with Crippen LogP contribution in [0.25, 0.3) is 5.57 Å². The van der Waals surface area contributed by atoms with Crippen molar-refractivity contribution in [2.45, 2.75) is 20.8 Å². The highest BCUT2D eigenvalue weighted by molar-refractivity contribution is 6.21. The molecule has 0 aromatic carbocycles. The minimum atomic E-state index is 0.446. The lowest BCUT2D eigenvalue weighted by Crippen LogP contribution is -2.06. The number of aromatic nitrogens is 1. The summed E-state index contributed by atoms with van der Waals surface area (Å²) in [6.45, 7) is 5.48. The van der Waals surface area contributed by atoms with Gasteiger partial charge in [-0.3, -0.25) is 4.98 Å². The largest absolute Gasteiger partial charge is 0.402 e. The van der Waals surface area contributed by atoms with Crippen molar-refractivity contribution in [1.29, 1.82) is 5.41 Å². The second kappa shape index (κ2) is 4.05. The fourth-order valence-corrected chi connectivity index (χ4v) is 1.31. The van der Waals surface area contributed by atoms with Gasteiger partial charge in [-0.1, -0.05) is 6.07 Å². The van der Waals surface area contributed by atoms with E-state index in [1.807, 2.05) is 19.1 Å². The molecule has 0 spiro atoms. The monoisotopic (exact) mass is 189 g/mol. The van der Waals surface area contributed by atoms with Crippen molar-refractivity contribution in [2.24, 2.45) is 5.73 Å². The van der Waals surface area contributed by atoms with Crippen LogP contribution < -0.4 is 5.73 Å². The Morgan fingerprint density at radius 2 is 2.00 bits per heavy atom. The van der Waals surface area contributed by atoms with Crippen LogP contribution in [0.4, 0.5) is 0 Å². The molecular weight excluding hydrogens is 174 g/mol. The third-order valence-electron chi connectivity index (χ3n) is 1.94. The van der Waals surface area contributed by atoms with E-state index in [1.54, 1.807) is 20.0 Å². The third-order valence-corrected chi connectivity index (χ3v) is 1.94. The molecular formula is C11H15N3. The van der Waals surface area contributed by atoms with Gasteiger partial charge in [-0.2, -0.15) is 0 Å². The Labute approximate surface area is 84.2 Å². The summed E-state index contributed by atoms with van der Waals surface area (Å²) in [7, 11) is 0. The van der Waals surface area contributed by atoms with Crippen LogP contribution in [0.5, 0.6) is 0 Å². The second-order valence-electron chi connectivity index (χ2n) is 3.40. The Morgan fingerprint density at radius 1 is 1.36 bits per heavy atom. The summed E-state index contributed by atoms with van der Waals surface area (Å²) < 4.78 is 0. The second-order valence-corrected chi connectivity index (χ2v) is 3.40. The zero-order valence-corrected chi connectivity index (χ0v) is 8.76. The third kappa shape index (κ3) is 2.19. The van der Waals surface area contributed by atoms with Crippen LogP contribution in [-0.2, 0) is 0 Å². The maximum Gasteiger partial charge on any atom is 0.0737 e. The van der Waals surface area contributed by atoms with Crippen LogP contribution in [-0.4, -0.2) is 10.7 Å². The molecule has 3 heteroatoms. The van der Waals surface area contributed by atoms with Gasteiger partial charge in [-0.15, -0.1) is 0 Å². The maximum absolute atomic E-state index is 7.60. The summed E-state index contributed by atoms with van der Waals surface area (Å²) in [6.07, 6.45) is 1.78. The Kier molecular flexibility index (Phi) is 3.02. The van der Waals surface area contributed by atoms with E-state index in [0.29, 0.717) is 11.4 Å². The standard InChI is InChI=1S/C11H15N3/c1-7-4-5-10(14-6-7)11(8(2)12)9(3)13/h4-6,12H,13H2,1-3H3. The zero-order valence-electron chi connectivity index (χ0n) is 8.76. The SMILES string of the molecule is CC(=N)C(=C(C)N)c1ccc(C)cn1. The minimum Gasteiger partial charge on any atom is -0.402 e. The van der Waals surface area contributed by atoms with Crippen LogP contribution in [0.2, 0.25) is 0 Å². The van der Waals surface area contributed by atoms with Gasteiger partial charge in [0.15, 0.2) is 0 Å². The summed E-state index contributed by atoms with van der Waals surface area (Å²) in [5.41, 5.74) is 9.38. The van der Waals surface area contributed by atoms with Gasteiger partial charge in [-0.05, 0) is 32.4 Å². The first-order valence-corrected chi connectivity index (χ1v) is 4.47. The van der Waals surface area contributed by atoms with Gasteiger partial charge in [0.1, 0.15) is 0 Å². The molecule has 74 valence electrons. The van der Waals surface area contributed by atoms with E-state index in [4.69, 9.17) is 11.1 Å². The minimum absolute atomic E-state index is 0.446. The Bertz CT molecular complexity index is 370. The van der Waals surface area contributed by atoms with E-state index in [2.05, 4.69) is 4.98 Å². The Hall–Kier alpha value is -1.64. The summed E-state index contributed by atoms with van der Waals surface area (Å²) in [5, 5.41) is 7.60. The smallest absolute Gasteiger partial charge is 0.0737 e. The van der Waals surface area contributed by atoms with Gasteiger partial charge in [0.2, 0.25) is 0 Å². The lowest BCUT2D eigenvalue weighted by molar-refractivity contribution is 1.21. The van der Waals surface area contributed by atoms with E-state index in [9.17, 15) is 0 Å². The molecule has 1 rings (SSSR count).